The van der Waals surface area contributed by atoms with Crippen molar-refractivity contribution in [1.82, 2.24) is 10.2 Å². The van der Waals surface area contributed by atoms with Gasteiger partial charge in [-0.3, -0.25) is 4.79 Å². The molecule has 1 saturated heterocycles. The molecule has 0 unspecified atom stereocenters. The van der Waals surface area contributed by atoms with E-state index in [1.54, 1.807) is 18.0 Å². The molecule has 0 spiro atoms. The van der Waals surface area contributed by atoms with Crippen molar-refractivity contribution in [3.63, 3.8) is 0 Å². The van der Waals surface area contributed by atoms with Gasteiger partial charge in [-0.15, -0.1) is 0 Å². The standard InChI is InChI=1S/C17H21F3N2O/c1-22(11-6-8-21-9-7-11)16(23)14-10-13(14)12-4-2-3-5-15(12)17(18,19)20/h2-5,11,13-14,21H,6-10H2,1H3/t13-,14+/m1/s1. The van der Waals surface area contributed by atoms with Crippen molar-refractivity contribution in [3.05, 3.63) is 35.4 Å². The van der Waals surface area contributed by atoms with E-state index in [1.807, 2.05) is 0 Å². The zero-order chi connectivity index (χ0) is 16.6. The van der Waals surface area contributed by atoms with E-state index in [-0.39, 0.29) is 29.3 Å². The number of carbonyl (C=O) groups is 1. The van der Waals surface area contributed by atoms with Crippen LogP contribution in [0.2, 0.25) is 0 Å². The van der Waals surface area contributed by atoms with Gasteiger partial charge in [-0.1, -0.05) is 18.2 Å². The maximum Gasteiger partial charge on any atom is 0.416 e. The van der Waals surface area contributed by atoms with Gasteiger partial charge in [0, 0.05) is 19.0 Å². The topological polar surface area (TPSA) is 32.3 Å². The molecule has 0 bridgehead atoms. The first-order valence-corrected chi connectivity index (χ1v) is 8.03. The van der Waals surface area contributed by atoms with E-state index in [9.17, 15) is 18.0 Å². The molecule has 1 heterocycles. The second-order valence-corrected chi connectivity index (χ2v) is 6.46. The lowest BCUT2D eigenvalue weighted by molar-refractivity contribution is -0.139. The molecule has 126 valence electrons. The Morgan fingerprint density at radius 3 is 2.52 bits per heavy atom. The number of amides is 1. The first-order valence-electron chi connectivity index (χ1n) is 8.03. The van der Waals surface area contributed by atoms with Gasteiger partial charge in [0.25, 0.3) is 0 Å². The van der Waals surface area contributed by atoms with Crippen molar-refractivity contribution < 1.29 is 18.0 Å². The van der Waals surface area contributed by atoms with Crippen LogP contribution < -0.4 is 5.32 Å². The molecule has 1 aliphatic heterocycles. The highest BCUT2D eigenvalue weighted by atomic mass is 19.4. The molecule has 0 radical (unpaired) electrons. The summed E-state index contributed by atoms with van der Waals surface area (Å²) in [5, 5.41) is 3.25. The van der Waals surface area contributed by atoms with Crippen molar-refractivity contribution >= 4 is 5.91 Å². The molecule has 3 nitrogen and oxygen atoms in total. The average Bonchev–Trinajstić information content (AvgIpc) is 3.34. The van der Waals surface area contributed by atoms with Crippen molar-refractivity contribution in [2.45, 2.75) is 37.4 Å². The molecule has 1 aliphatic carbocycles. The SMILES string of the molecule is CN(C(=O)[C@H]1C[C@@H]1c1ccccc1C(F)(F)F)C1CCNCC1. The summed E-state index contributed by atoms with van der Waals surface area (Å²) in [4.78, 5) is 14.3. The van der Waals surface area contributed by atoms with E-state index in [4.69, 9.17) is 0 Å². The van der Waals surface area contributed by atoms with Crippen molar-refractivity contribution in [2.75, 3.05) is 20.1 Å². The predicted molar refractivity (Wildman–Crippen MR) is 81.0 cm³/mol. The molecule has 1 aromatic carbocycles. The van der Waals surface area contributed by atoms with Crippen molar-refractivity contribution in [1.29, 1.82) is 0 Å². The van der Waals surface area contributed by atoms with Crippen LogP contribution in [-0.2, 0) is 11.0 Å². The van der Waals surface area contributed by atoms with E-state index in [2.05, 4.69) is 5.32 Å². The number of hydrogen-bond acceptors (Lipinski definition) is 2. The summed E-state index contributed by atoms with van der Waals surface area (Å²) >= 11 is 0. The second kappa shape index (κ2) is 6.15. The first kappa shape index (κ1) is 16.3. The first-order chi connectivity index (χ1) is 10.9. The van der Waals surface area contributed by atoms with Gasteiger partial charge in [-0.25, -0.2) is 0 Å². The molecule has 23 heavy (non-hydrogen) atoms. The maximum atomic E-state index is 13.1. The number of carbonyl (C=O) groups excluding carboxylic acids is 1. The Morgan fingerprint density at radius 1 is 1.22 bits per heavy atom. The Bertz CT molecular complexity index is 581. The van der Waals surface area contributed by atoms with E-state index in [1.165, 1.54) is 12.1 Å². The molecular weight excluding hydrogens is 305 g/mol. The fourth-order valence-corrected chi connectivity index (χ4v) is 3.53. The molecule has 2 aliphatic rings. The van der Waals surface area contributed by atoms with E-state index in [0.29, 0.717) is 6.42 Å². The minimum absolute atomic E-state index is 0.0149. The van der Waals surface area contributed by atoms with Crippen LogP contribution in [0.1, 0.15) is 36.3 Å². The Hall–Kier alpha value is -1.56. The van der Waals surface area contributed by atoms with Gasteiger partial charge >= 0.3 is 6.18 Å². The fourth-order valence-electron chi connectivity index (χ4n) is 3.53. The van der Waals surface area contributed by atoms with Gasteiger partial charge in [0.15, 0.2) is 0 Å². The van der Waals surface area contributed by atoms with Crippen LogP contribution in [0.4, 0.5) is 13.2 Å². The number of nitrogens with zero attached hydrogens (tertiary/aromatic N) is 1. The highest BCUT2D eigenvalue weighted by Gasteiger charge is 2.49. The summed E-state index contributed by atoms with van der Waals surface area (Å²) in [7, 11) is 1.78. The zero-order valence-electron chi connectivity index (χ0n) is 13.1. The second-order valence-electron chi connectivity index (χ2n) is 6.46. The minimum atomic E-state index is -4.37. The normalized spacial score (nSPS) is 25.2. The van der Waals surface area contributed by atoms with Crippen LogP contribution in [0.25, 0.3) is 0 Å². The number of hydrogen-bond donors (Lipinski definition) is 1. The molecule has 2 atom stereocenters. The third-order valence-electron chi connectivity index (χ3n) is 4.98. The van der Waals surface area contributed by atoms with Crippen LogP contribution in [-0.4, -0.2) is 37.0 Å². The predicted octanol–water partition coefficient (Wildman–Crippen LogP) is 3.02. The quantitative estimate of drug-likeness (QED) is 0.926. The van der Waals surface area contributed by atoms with Crippen LogP contribution in [0.15, 0.2) is 24.3 Å². The lowest BCUT2D eigenvalue weighted by Crippen LogP contribution is -2.44. The van der Waals surface area contributed by atoms with Crippen LogP contribution >= 0.6 is 0 Å². The molecule has 3 rings (SSSR count). The molecule has 1 saturated carbocycles. The van der Waals surface area contributed by atoms with Crippen LogP contribution in [0.3, 0.4) is 0 Å². The fraction of sp³-hybridized carbons (Fsp3) is 0.588. The summed E-state index contributed by atoms with van der Waals surface area (Å²) in [6.07, 6.45) is -2.05. The van der Waals surface area contributed by atoms with Crippen molar-refractivity contribution in [2.24, 2.45) is 5.92 Å². The number of rotatable bonds is 3. The van der Waals surface area contributed by atoms with Crippen LogP contribution in [0.5, 0.6) is 0 Å². The number of alkyl halides is 3. The summed E-state index contributed by atoms with van der Waals surface area (Å²) < 4.78 is 39.3. The number of nitrogens with one attached hydrogen (secondary N) is 1. The molecule has 0 aromatic heterocycles. The third kappa shape index (κ3) is 3.37. The van der Waals surface area contributed by atoms with Crippen molar-refractivity contribution in [3.8, 4) is 0 Å². The van der Waals surface area contributed by atoms with Gasteiger partial charge in [-0.05, 0) is 49.9 Å². The van der Waals surface area contributed by atoms with Gasteiger partial charge < -0.3 is 10.2 Å². The highest BCUT2D eigenvalue weighted by Crippen LogP contribution is 2.51. The van der Waals surface area contributed by atoms with Gasteiger partial charge in [0.05, 0.1) is 5.56 Å². The third-order valence-corrected chi connectivity index (χ3v) is 4.98. The monoisotopic (exact) mass is 326 g/mol. The molecule has 6 heteroatoms. The molecule has 2 fully saturated rings. The van der Waals surface area contributed by atoms with E-state index < -0.39 is 11.7 Å². The molecule has 1 N–H and O–H groups in total. The number of benzene rings is 1. The lowest BCUT2D eigenvalue weighted by Gasteiger charge is -2.32. The van der Waals surface area contributed by atoms with Crippen LogP contribution in [0, 0.1) is 5.92 Å². The Labute approximate surface area is 133 Å². The summed E-state index contributed by atoms with van der Waals surface area (Å²) in [6.45, 7) is 1.76. The Morgan fingerprint density at radius 2 is 1.87 bits per heavy atom. The Balaban J connectivity index is 1.71. The number of halogens is 3. The summed E-state index contributed by atoms with van der Waals surface area (Å²) in [5.41, 5.74) is -0.345. The van der Waals surface area contributed by atoms with E-state index >= 15 is 0 Å². The van der Waals surface area contributed by atoms with Gasteiger partial charge in [0.1, 0.15) is 0 Å². The maximum absolute atomic E-state index is 13.1. The largest absolute Gasteiger partial charge is 0.416 e. The zero-order valence-corrected chi connectivity index (χ0v) is 13.1. The number of piperidine rings is 1. The van der Waals surface area contributed by atoms with Gasteiger partial charge in [0.2, 0.25) is 5.91 Å². The molecule has 1 aromatic rings. The Kier molecular flexibility index (Phi) is 4.36. The summed E-state index contributed by atoms with van der Waals surface area (Å²) in [5.74, 6) is -0.623. The average molecular weight is 326 g/mol. The minimum Gasteiger partial charge on any atom is -0.342 e. The highest BCUT2D eigenvalue weighted by molar-refractivity contribution is 5.83. The van der Waals surface area contributed by atoms with E-state index in [0.717, 1.165) is 32.0 Å². The summed E-state index contributed by atoms with van der Waals surface area (Å²) in [6, 6.07) is 5.81. The molecule has 1 amide bonds. The smallest absolute Gasteiger partial charge is 0.342 e. The molecular formula is C17H21F3N2O. The van der Waals surface area contributed by atoms with Gasteiger partial charge in [-0.2, -0.15) is 13.2 Å². The lowest BCUT2D eigenvalue weighted by atomic mass is 10.0.